The van der Waals surface area contributed by atoms with Crippen LogP contribution in [0.3, 0.4) is 0 Å². The Morgan fingerprint density at radius 3 is 2.62 bits per heavy atom. The maximum absolute atomic E-state index is 13.3. The van der Waals surface area contributed by atoms with Gasteiger partial charge in [-0.25, -0.2) is 9.97 Å². The lowest BCUT2D eigenvalue weighted by Gasteiger charge is -2.48. The normalized spacial score (nSPS) is 17.9. The third-order valence-corrected chi connectivity index (χ3v) is 7.69. The molecule has 2 aromatic heterocycles. The number of carbonyl (C=O) groups is 1. The number of benzene rings is 2. The Bertz CT molecular complexity index is 1290. The highest BCUT2D eigenvalue weighted by Crippen LogP contribution is 2.27. The molecule has 2 aromatic carbocycles. The molecule has 174 valence electrons. The molecule has 0 atom stereocenters. The maximum Gasteiger partial charge on any atom is 0.256 e. The van der Waals surface area contributed by atoms with Crippen molar-refractivity contribution < 1.29 is 4.79 Å². The molecule has 4 aromatic rings. The predicted octanol–water partition coefficient (Wildman–Crippen LogP) is 3.98. The van der Waals surface area contributed by atoms with Crippen LogP contribution in [0.5, 0.6) is 0 Å². The standard InChI is InChI=1S/C25H25ClN6OS/c26-18-6-4-17(5-7-18)24-28-22-3-1-2-21(23(22)29-24)25(33)32-13-20(14-32)31-10-8-30(9-11-31)12-19-15-34-16-27-19/h1-7,15-16,20H,8-14H2,(H,28,29). The van der Waals surface area contributed by atoms with E-state index in [-0.39, 0.29) is 5.91 Å². The first kappa shape index (κ1) is 21.7. The summed E-state index contributed by atoms with van der Waals surface area (Å²) in [5.41, 5.74) is 6.23. The van der Waals surface area contributed by atoms with E-state index in [0.29, 0.717) is 16.6 Å². The van der Waals surface area contributed by atoms with Crippen LogP contribution in [0.15, 0.2) is 53.4 Å². The zero-order valence-electron chi connectivity index (χ0n) is 18.7. The van der Waals surface area contributed by atoms with E-state index in [4.69, 9.17) is 16.6 Å². The van der Waals surface area contributed by atoms with Gasteiger partial charge >= 0.3 is 0 Å². The van der Waals surface area contributed by atoms with E-state index in [1.807, 2.05) is 52.9 Å². The van der Waals surface area contributed by atoms with E-state index >= 15 is 0 Å². The first-order chi connectivity index (χ1) is 16.6. The Hall–Kier alpha value is -2.78. The van der Waals surface area contributed by atoms with Crippen LogP contribution < -0.4 is 0 Å². The Balaban J connectivity index is 1.09. The highest BCUT2D eigenvalue weighted by molar-refractivity contribution is 7.07. The van der Waals surface area contributed by atoms with Gasteiger partial charge in [0.2, 0.25) is 0 Å². The minimum Gasteiger partial charge on any atom is -0.338 e. The van der Waals surface area contributed by atoms with Gasteiger partial charge in [0.05, 0.1) is 22.3 Å². The summed E-state index contributed by atoms with van der Waals surface area (Å²) in [6, 6.07) is 13.7. The number of piperazine rings is 1. The van der Waals surface area contributed by atoms with E-state index < -0.39 is 0 Å². The average Bonchev–Trinajstić information content (AvgIpc) is 3.49. The number of halogens is 1. The Kier molecular flexibility index (Phi) is 5.82. The van der Waals surface area contributed by atoms with Crippen LogP contribution in [0.2, 0.25) is 5.02 Å². The van der Waals surface area contributed by atoms with Crippen LogP contribution >= 0.6 is 22.9 Å². The van der Waals surface area contributed by atoms with Gasteiger partial charge in [0.25, 0.3) is 5.91 Å². The number of hydrogen-bond acceptors (Lipinski definition) is 6. The van der Waals surface area contributed by atoms with Crippen molar-refractivity contribution >= 4 is 39.9 Å². The summed E-state index contributed by atoms with van der Waals surface area (Å²) >= 11 is 7.67. The van der Waals surface area contributed by atoms with Crippen molar-refractivity contribution in [3.8, 4) is 11.4 Å². The molecule has 7 nitrogen and oxygen atoms in total. The molecule has 34 heavy (non-hydrogen) atoms. The molecule has 2 aliphatic rings. The minimum atomic E-state index is 0.0539. The molecule has 1 N–H and O–H groups in total. The fourth-order valence-electron chi connectivity index (χ4n) is 4.80. The molecular weight excluding hydrogens is 468 g/mol. The number of hydrogen-bond donors (Lipinski definition) is 1. The molecule has 2 fully saturated rings. The summed E-state index contributed by atoms with van der Waals surface area (Å²) < 4.78 is 0. The van der Waals surface area contributed by atoms with E-state index in [9.17, 15) is 4.79 Å². The van der Waals surface area contributed by atoms with Crippen LogP contribution in [0, 0.1) is 0 Å². The molecule has 2 aliphatic heterocycles. The molecule has 0 saturated carbocycles. The maximum atomic E-state index is 13.3. The van der Waals surface area contributed by atoms with Gasteiger partial charge in [-0.15, -0.1) is 11.3 Å². The molecule has 1 amide bonds. The van der Waals surface area contributed by atoms with Crippen molar-refractivity contribution in [2.24, 2.45) is 0 Å². The number of imidazole rings is 1. The Morgan fingerprint density at radius 2 is 1.88 bits per heavy atom. The zero-order valence-corrected chi connectivity index (χ0v) is 20.2. The van der Waals surface area contributed by atoms with E-state index in [1.165, 1.54) is 0 Å². The molecule has 0 radical (unpaired) electrons. The van der Waals surface area contributed by atoms with Crippen LogP contribution in [0.25, 0.3) is 22.4 Å². The van der Waals surface area contributed by atoms with Gasteiger partial charge in [0, 0.05) is 67.8 Å². The van der Waals surface area contributed by atoms with Gasteiger partial charge < -0.3 is 9.88 Å². The second-order valence-electron chi connectivity index (χ2n) is 8.95. The number of H-pyrrole nitrogens is 1. The van der Waals surface area contributed by atoms with Gasteiger partial charge in [-0.05, 0) is 36.4 Å². The zero-order chi connectivity index (χ0) is 23.1. The number of nitrogens with zero attached hydrogens (tertiary/aromatic N) is 5. The summed E-state index contributed by atoms with van der Waals surface area (Å²) in [5, 5.41) is 2.81. The molecule has 4 heterocycles. The Morgan fingerprint density at radius 1 is 1.09 bits per heavy atom. The average molecular weight is 493 g/mol. The lowest BCUT2D eigenvalue weighted by molar-refractivity contribution is 0.00644. The van der Waals surface area contributed by atoms with Crippen LogP contribution in [-0.4, -0.2) is 80.9 Å². The molecular formula is C25H25ClN6OS. The number of fused-ring (bicyclic) bond motifs is 1. The van der Waals surface area contributed by atoms with Crippen molar-refractivity contribution in [3.63, 3.8) is 0 Å². The molecule has 0 bridgehead atoms. The number of likely N-dealkylation sites (tertiary alicyclic amines) is 1. The van der Waals surface area contributed by atoms with E-state index in [2.05, 4.69) is 25.1 Å². The lowest BCUT2D eigenvalue weighted by Crippen LogP contribution is -2.64. The van der Waals surface area contributed by atoms with E-state index in [0.717, 1.165) is 73.9 Å². The third kappa shape index (κ3) is 4.22. The highest BCUT2D eigenvalue weighted by atomic mass is 35.5. The largest absolute Gasteiger partial charge is 0.338 e. The second-order valence-corrected chi connectivity index (χ2v) is 10.1. The van der Waals surface area contributed by atoms with Crippen LogP contribution in [0.4, 0.5) is 0 Å². The number of carbonyl (C=O) groups excluding carboxylic acids is 1. The van der Waals surface area contributed by atoms with Crippen molar-refractivity contribution in [1.29, 1.82) is 0 Å². The van der Waals surface area contributed by atoms with E-state index in [1.54, 1.807) is 11.3 Å². The van der Waals surface area contributed by atoms with Gasteiger partial charge in [-0.3, -0.25) is 14.6 Å². The molecule has 6 rings (SSSR count). The Labute approximate surface area is 207 Å². The summed E-state index contributed by atoms with van der Waals surface area (Å²) in [7, 11) is 0. The summed E-state index contributed by atoms with van der Waals surface area (Å²) in [6.45, 7) is 6.64. The van der Waals surface area contributed by atoms with Crippen LogP contribution in [0.1, 0.15) is 16.1 Å². The highest BCUT2D eigenvalue weighted by Gasteiger charge is 2.37. The van der Waals surface area contributed by atoms with Crippen molar-refractivity contribution in [3.05, 3.63) is 69.6 Å². The SMILES string of the molecule is O=C(c1cccc2[nH]c(-c3ccc(Cl)cc3)nc12)N1CC(N2CCN(Cc3cscn3)CC2)C1. The summed E-state index contributed by atoms with van der Waals surface area (Å²) in [6.07, 6.45) is 0. The van der Waals surface area contributed by atoms with Gasteiger partial charge in [0.1, 0.15) is 11.3 Å². The fraction of sp³-hybridized carbons (Fsp3) is 0.320. The van der Waals surface area contributed by atoms with Crippen LogP contribution in [-0.2, 0) is 6.54 Å². The summed E-state index contributed by atoms with van der Waals surface area (Å²) in [4.78, 5) is 32.7. The number of para-hydroxylation sites is 1. The number of nitrogens with one attached hydrogen (secondary N) is 1. The molecule has 0 aliphatic carbocycles. The second kappa shape index (κ2) is 9.11. The molecule has 2 saturated heterocycles. The monoisotopic (exact) mass is 492 g/mol. The fourth-order valence-corrected chi connectivity index (χ4v) is 5.48. The number of thiazole rings is 1. The van der Waals surface area contributed by atoms with Gasteiger partial charge in [-0.1, -0.05) is 17.7 Å². The topological polar surface area (TPSA) is 68.4 Å². The number of amides is 1. The van der Waals surface area contributed by atoms with Crippen molar-refractivity contribution in [1.82, 2.24) is 29.7 Å². The van der Waals surface area contributed by atoms with Crippen molar-refractivity contribution in [2.75, 3.05) is 39.3 Å². The molecule has 0 unspecified atom stereocenters. The quantitative estimate of drug-likeness (QED) is 0.456. The van der Waals surface area contributed by atoms with Crippen molar-refractivity contribution in [2.45, 2.75) is 12.6 Å². The minimum absolute atomic E-state index is 0.0539. The van der Waals surface area contributed by atoms with Gasteiger partial charge in [-0.2, -0.15) is 0 Å². The lowest BCUT2D eigenvalue weighted by atomic mass is 10.0. The first-order valence-corrected chi connectivity index (χ1v) is 12.8. The number of rotatable bonds is 5. The smallest absolute Gasteiger partial charge is 0.256 e. The predicted molar refractivity (Wildman–Crippen MR) is 135 cm³/mol. The number of aromatic nitrogens is 3. The third-order valence-electron chi connectivity index (χ3n) is 6.80. The molecule has 0 spiro atoms. The first-order valence-electron chi connectivity index (χ1n) is 11.5. The summed E-state index contributed by atoms with van der Waals surface area (Å²) in [5.74, 6) is 0.794. The molecule has 9 heteroatoms. The number of aromatic amines is 1. The van der Waals surface area contributed by atoms with Gasteiger partial charge in [0.15, 0.2) is 0 Å².